The number of pyridine rings is 1. The van der Waals surface area contributed by atoms with E-state index in [1.165, 1.54) is 12.1 Å². The van der Waals surface area contributed by atoms with E-state index in [-0.39, 0.29) is 5.82 Å². The third kappa shape index (κ3) is 2.38. The van der Waals surface area contributed by atoms with Gasteiger partial charge in [0.25, 0.3) is 0 Å². The Morgan fingerprint density at radius 1 is 1.19 bits per heavy atom. The zero-order chi connectivity index (χ0) is 15.0. The highest BCUT2D eigenvalue weighted by Crippen LogP contribution is 2.28. The molecule has 4 nitrogen and oxygen atoms in total. The van der Waals surface area contributed by atoms with Gasteiger partial charge in [-0.3, -0.25) is 4.79 Å². The van der Waals surface area contributed by atoms with Gasteiger partial charge in [-0.1, -0.05) is 0 Å². The van der Waals surface area contributed by atoms with E-state index >= 15 is 0 Å². The van der Waals surface area contributed by atoms with Crippen LogP contribution in [0.25, 0.3) is 16.8 Å². The highest BCUT2D eigenvalue weighted by molar-refractivity contribution is 5.73. The van der Waals surface area contributed by atoms with Crippen LogP contribution in [0.15, 0.2) is 36.7 Å². The van der Waals surface area contributed by atoms with E-state index in [1.54, 1.807) is 6.20 Å². The fraction of sp³-hybridized carbons (Fsp3) is 0.125. The number of carbonyl (C=O) groups is 1. The molecule has 0 aliphatic heterocycles. The predicted octanol–water partition coefficient (Wildman–Crippen LogP) is 3.33. The lowest BCUT2D eigenvalue weighted by atomic mass is 9.97. The minimum absolute atomic E-state index is 0.227. The van der Waals surface area contributed by atoms with Crippen molar-refractivity contribution in [3.8, 4) is 11.1 Å². The van der Waals surface area contributed by atoms with Crippen molar-refractivity contribution in [2.24, 2.45) is 0 Å². The van der Waals surface area contributed by atoms with Crippen molar-refractivity contribution in [2.45, 2.75) is 13.8 Å². The highest BCUT2D eigenvalue weighted by atomic mass is 19.1. The summed E-state index contributed by atoms with van der Waals surface area (Å²) in [6, 6.07) is 6.87. The van der Waals surface area contributed by atoms with Crippen LogP contribution in [0, 0.1) is 19.7 Å². The van der Waals surface area contributed by atoms with Crippen molar-refractivity contribution in [1.29, 1.82) is 0 Å². The minimum atomic E-state index is -0.227. The molecule has 106 valence electrons. The lowest BCUT2D eigenvalue weighted by molar-refractivity contribution is -0.105. The number of hydrogen-bond donors (Lipinski definition) is 1. The molecule has 0 atom stereocenters. The Morgan fingerprint density at radius 3 is 2.57 bits per heavy atom. The van der Waals surface area contributed by atoms with Gasteiger partial charge in [0, 0.05) is 6.20 Å². The summed E-state index contributed by atoms with van der Waals surface area (Å²) in [5, 5.41) is 2.52. The average molecular weight is 283 g/mol. The van der Waals surface area contributed by atoms with Crippen LogP contribution in [0.5, 0.6) is 0 Å². The van der Waals surface area contributed by atoms with Crippen molar-refractivity contribution in [3.63, 3.8) is 0 Å². The van der Waals surface area contributed by atoms with Gasteiger partial charge in [-0.15, -0.1) is 0 Å². The molecule has 1 N–H and O–H groups in total. The molecule has 0 aliphatic rings. The molecule has 0 saturated heterocycles. The van der Waals surface area contributed by atoms with E-state index in [4.69, 9.17) is 0 Å². The molecule has 0 aliphatic carbocycles. The fourth-order valence-corrected chi connectivity index (χ4v) is 2.64. The number of hydrogen-bond acceptors (Lipinski definition) is 2. The van der Waals surface area contributed by atoms with Crippen LogP contribution in [0.1, 0.15) is 11.1 Å². The van der Waals surface area contributed by atoms with Gasteiger partial charge < -0.3 is 9.72 Å². The summed E-state index contributed by atoms with van der Waals surface area (Å²) in [6.45, 7) is 3.78. The molecule has 0 saturated carbocycles. The molecule has 21 heavy (non-hydrogen) atoms. The number of rotatable bonds is 3. The van der Waals surface area contributed by atoms with Crippen molar-refractivity contribution in [3.05, 3.63) is 53.6 Å². The standard InChI is InChI=1S/C16H14FN3O/c1-10-5-13(17)6-11(2)16(10)12-3-4-15-19-14(18-9-21)8-20(15)7-12/h3-9H,1-2H3,(H,18,21). The molecule has 2 aromatic heterocycles. The molecule has 5 heteroatoms. The van der Waals surface area contributed by atoms with Gasteiger partial charge in [0.2, 0.25) is 6.41 Å². The second kappa shape index (κ2) is 5.01. The number of fused-ring (bicyclic) bond motifs is 1. The molecule has 0 bridgehead atoms. The first-order chi connectivity index (χ1) is 10.1. The predicted molar refractivity (Wildman–Crippen MR) is 79.7 cm³/mol. The largest absolute Gasteiger partial charge is 0.312 e. The highest BCUT2D eigenvalue weighted by Gasteiger charge is 2.09. The number of benzene rings is 1. The lowest BCUT2D eigenvalue weighted by Crippen LogP contribution is -1.93. The number of anilines is 1. The summed E-state index contributed by atoms with van der Waals surface area (Å²) in [5.74, 6) is 0.268. The number of aromatic nitrogens is 2. The Morgan fingerprint density at radius 2 is 1.90 bits per heavy atom. The molecule has 0 spiro atoms. The van der Waals surface area contributed by atoms with E-state index in [0.29, 0.717) is 12.2 Å². The second-order valence-corrected chi connectivity index (χ2v) is 4.99. The Labute approximate surface area is 121 Å². The van der Waals surface area contributed by atoms with Crippen LogP contribution in [0.2, 0.25) is 0 Å². The normalized spacial score (nSPS) is 10.8. The van der Waals surface area contributed by atoms with E-state index in [0.717, 1.165) is 27.9 Å². The average Bonchev–Trinajstić information content (AvgIpc) is 2.79. The first-order valence-corrected chi connectivity index (χ1v) is 6.54. The van der Waals surface area contributed by atoms with Crippen LogP contribution >= 0.6 is 0 Å². The zero-order valence-electron chi connectivity index (χ0n) is 11.7. The number of nitrogens with one attached hydrogen (secondary N) is 1. The number of amides is 1. The van der Waals surface area contributed by atoms with Crippen molar-refractivity contribution >= 4 is 17.9 Å². The maximum absolute atomic E-state index is 13.4. The van der Waals surface area contributed by atoms with Crippen molar-refractivity contribution in [1.82, 2.24) is 9.38 Å². The van der Waals surface area contributed by atoms with Crippen LogP contribution in [-0.4, -0.2) is 15.8 Å². The Kier molecular flexibility index (Phi) is 3.17. The quantitative estimate of drug-likeness (QED) is 0.749. The lowest BCUT2D eigenvalue weighted by Gasteiger charge is -2.10. The molecule has 3 rings (SSSR count). The molecular weight excluding hydrogens is 269 g/mol. The smallest absolute Gasteiger partial charge is 0.212 e. The van der Waals surface area contributed by atoms with Crippen LogP contribution in [0.3, 0.4) is 0 Å². The third-order valence-corrected chi connectivity index (χ3v) is 3.44. The summed E-state index contributed by atoms with van der Waals surface area (Å²) in [7, 11) is 0. The second-order valence-electron chi connectivity index (χ2n) is 4.99. The third-order valence-electron chi connectivity index (χ3n) is 3.44. The van der Waals surface area contributed by atoms with Gasteiger partial charge in [0.1, 0.15) is 11.5 Å². The van der Waals surface area contributed by atoms with Gasteiger partial charge >= 0.3 is 0 Å². The number of nitrogens with zero attached hydrogens (tertiary/aromatic N) is 2. The van der Waals surface area contributed by atoms with E-state index in [2.05, 4.69) is 10.3 Å². The first-order valence-electron chi connectivity index (χ1n) is 6.54. The number of aryl methyl sites for hydroxylation is 2. The molecule has 3 aromatic rings. The molecule has 0 radical (unpaired) electrons. The Bertz CT molecular complexity index is 816. The van der Waals surface area contributed by atoms with Crippen LogP contribution < -0.4 is 5.32 Å². The van der Waals surface area contributed by atoms with Gasteiger partial charge in [0.15, 0.2) is 5.82 Å². The molecule has 0 fully saturated rings. The summed E-state index contributed by atoms with van der Waals surface area (Å²) < 4.78 is 15.2. The maximum Gasteiger partial charge on any atom is 0.212 e. The van der Waals surface area contributed by atoms with Crippen LogP contribution in [-0.2, 0) is 4.79 Å². The number of halogens is 1. The summed E-state index contributed by atoms with van der Waals surface area (Å²) in [4.78, 5) is 14.7. The van der Waals surface area contributed by atoms with Crippen LogP contribution in [0.4, 0.5) is 10.2 Å². The van der Waals surface area contributed by atoms with Gasteiger partial charge in [-0.05, 0) is 60.4 Å². The van der Waals surface area contributed by atoms with Gasteiger partial charge in [-0.2, -0.15) is 0 Å². The summed E-state index contributed by atoms with van der Waals surface area (Å²) >= 11 is 0. The van der Waals surface area contributed by atoms with E-state index < -0.39 is 0 Å². The molecule has 1 aromatic carbocycles. The maximum atomic E-state index is 13.4. The fourth-order valence-electron chi connectivity index (χ4n) is 2.64. The first kappa shape index (κ1) is 13.3. The molecule has 0 unspecified atom stereocenters. The van der Waals surface area contributed by atoms with E-state index in [9.17, 15) is 9.18 Å². The Balaban J connectivity index is 2.15. The minimum Gasteiger partial charge on any atom is -0.312 e. The summed E-state index contributed by atoms with van der Waals surface area (Å²) in [5.41, 5.74) is 4.50. The monoisotopic (exact) mass is 283 g/mol. The van der Waals surface area contributed by atoms with E-state index in [1.807, 2.05) is 36.6 Å². The Hall–Kier alpha value is -2.69. The molecular formula is C16H14FN3O. The van der Waals surface area contributed by atoms with Gasteiger partial charge in [0.05, 0.1) is 6.20 Å². The number of carbonyl (C=O) groups excluding carboxylic acids is 1. The summed E-state index contributed by atoms with van der Waals surface area (Å²) in [6.07, 6.45) is 4.25. The zero-order valence-corrected chi connectivity index (χ0v) is 11.7. The molecule has 1 amide bonds. The van der Waals surface area contributed by atoms with Crippen molar-refractivity contribution < 1.29 is 9.18 Å². The topological polar surface area (TPSA) is 46.4 Å². The SMILES string of the molecule is Cc1cc(F)cc(C)c1-c1ccc2nc(NC=O)cn2c1. The van der Waals surface area contributed by atoms with Gasteiger partial charge in [-0.25, -0.2) is 9.37 Å². The van der Waals surface area contributed by atoms with Crippen molar-refractivity contribution in [2.75, 3.05) is 5.32 Å². The number of imidazole rings is 1. The molecule has 2 heterocycles.